The second-order valence-electron chi connectivity index (χ2n) is 7.19. The monoisotopic (exact) mass is 454 g/mol. The fourth-order valence-electron chi connectivity index (χ4n) is 2.78. The molecule has 3 heterocycles. The number of nitrogens with one attached hydrogen (secondary N) is 2. The average Bonchev–Trinajstić information content (AvgIpc) is 3.34. The number of fused-ring (bicyclic) bond motifs is 1. The Morgan fingerprint density at radius 1 is 1.23 bits per heavy atom. The van der Waals surface area contributed by atoms with E-state index in [0.29, 0.717) is 22.6 Å². The number of thiazole rings is 1. The second-order valence-corrected chi connectivity index (χ2v) is 8.08. The summed E-state index contributed by atoms with van der Waals surface area (Å²) in [6, 6.07) is 1.67. The van der Waals surface area contributed by atoms with E-state index in [0.717, 1.165) is 4.88 Å². The van der Waals surface area contributed by atoms with Gasteiger partial charge in [-0.1, -0.05) is 13.8 Å². The fourth-order valence-corrected chi connectivity index (χ4v) is 3.58. The van der Waals surface area contributed by atoms with Gasteiger partial charge in [0.05, 0.1) is 36.6 Å². The smallest absolute Gasteiger partial charge is 0.352 e. The molecular weight excluding hydrogens is 433 g/mol. The Bertz CT molecular complexity index is 1080. The average molecular weight is 454 g/mol. The summed E-state index contributed by atoms with van der Waals surface area (Å²) in [5, 5.41) is 9.40. The molecule has 3 aromatic rings. The first-order valence-electron chi connectivity index (χ1n) is 9.50. The van der Waals surface area contributed by atoms with Gasteiger partial charge in [0.25, 0.3) is 5.91 Å². The standard InChI is InChI=1S/C19H21F3N6O2S/c1-11(2)17-16(25-10-31-17)18(30)24-8-13-9-28-14(27-13)5-12(7-26-28)6-23-15(29)3-4-19(20,21)22/h5,7,9-11H,3-4,6,8H2,1-2H3,(H,23,29)(H,24,30). The van der Waals surface area contributed by atoms with Crippen LogP contribution in [-0.4, -0.2) is 37.6 Å². The number of halogens is 3. The SMILES string of the molecule is CC(C)c1scnc1C(=O)NCc1cn2ncc(CNC(=O)CCC(F)(F)F)cc2n1. The number of aromatic nitrogens is 4. The molecule has 0 radical (unpaired) electrons. The molecule has 0 aliphatic rings. The molecule has 0 aliphatic carbocycles. The maximum absolute atomic E-state index is 12.4. The molecule has 2 amide bonds. The zero-order valence-electron chi connectivity index (χ0n) is 16.9. The largest absolute Gasteiger partial charge is 0.389 e. The Morgan fingerprint density at radius 2 is 2.00 bits per heavy atom. The summed E-state index contributed by atoms with van der Waals surface area (Å²) in [4.78, 5) is 33.4. The molecule has 0 unspecified atom stereocenters. The van der Waals surface area contributed by atoms with E-state index >= 15 is 0 Å². The lowest BCUT2D eigenvalue weighted by atomic mass is 10.1. The summed E-state index contributed by atoms with van der Waals surface area (Å²) < 4.78 is 38.0. The van der Waals surface area contributed by atoms with Crippen LogP contribution in [0.25, 0.3) is 5.65 Å². The predicted octanol–water partition coefficient (Wildman–Crippen LogP) is 3.20. The first-order valence-corrected chi connectivity index (χ1v) is 10.4. The van der Waals surface area contributed by atoms with Gasteiger partial charge < -0.3 is 10.6 Å². The molecule has 3 aromatic heterocycles. The summed E-state index contributed by atoms with van der Waals surface area (Å²) in [5.41, 5.74) is 3.71. The third-order valence-corrected chi connectivity index (χ3v) is 5.45. The number of alkyl halides is 3. The van der Waals surface area contributed by atoms with E-state index in [9.17, 15) is 22.8 Å². The summed E-state index contributed by atoms with van der Waals surface area (Å²) in [5.74, 6) is -0.774. The van der Waals surface area contributed by atoms with Crippen LogP contribution in [0.1, 0.15) is 59.2 Å². The Labute approximate surface area is 179 Å². The van der Waals surface area contributed by atoms with Crippen molar-refractivity contribution in [3.63, 3.8) is 0 Å². The van der Waals surface area contributed by atoms with Crippen LogP contribution in [-0.2, 0) is 17.9 Å². The second kappa shape index (κ2) is 9.41. The lowest BCUT2D eigenvalue weighted by Gasteiger charge is -2.07. The van der Waals surface area contributed by atoms with Crippen molar-refractivity contribution in [2.45, 2.75) is 51.9 Å². The van der Waals surface area contributed by atoms with Gasteiger partial charge in [0.2, 0.25) is 5.91 Å². The van der Waals surface area contributed by atoms with Gasteiger partial charge in [0.15, 0.2) is 5.65 Å². The highest BCUT2D eigenvalue weighted by atomic mass is 32.1. The quantitative estimate of drug-likeness (QED) is 0.544. The third kappa shape index (κ3) is 6.23. The van der Waals surface area contributed by atoms with E-state index in [4.69, 9.17) is 0 Å². The molecule has 0 spiro atoms. The van der Waals surface area contributed by atoms with E-state index in [1.54, 1.807) is 17.8 Å². The molecule has 0 bridgehead atoms. The van der Waals surface area contributed by atoms with Gasteiger partial charge in [0.1, 0.15) is 5.69 Å². The van der Waals surface area contributed by atoms with Crippen LogP contribution in [0, 0.1) is 0 Å². The minimum atomic E-state index is -4.37. The van der Waals surface area contributed by atoms with Crippen molar-refractivity contribution in [3.05, 3.63) is 45.8 Å². The molecule has 0 fully saturated rings. The van der Waals surface area contributed by atoms with Gasteiger partial charge in [0, 0.05) is 17.8 Å². The normalized spacial score (nSPS) is 11.8. The van der Waals surface area contributed by atoms with E-state index in [2.05, 4.69) is 25.7 Å². The number of hydrogen-bond acceptors (Lipinski definition) is 6. The molecule has 31 heavy (non-hydrogen) atoms. The molecular formula is C19H21F3N6O2S. The minimum Gasteiger partial charge on any atom is -0.352 e. The number of hydrogen-bond donors (Lipinski definition) is 2. The van der Waals surface area contributed by atoms with Gasteiger partial charge in [-0.25, -0.2) is 14.5 Å². The van der Waals surface area contributed by atoms with Crippen LogP contribution in [0.5, 0.6) is 0 Å². The van der Waals surface area contributed by atoms with Crippen molar-refractivity contribution >= 4 is 28.8 Å². The van der Waals surface area contributed by atoms with Crippen molar-refractivity contribution < 1.29 is 22.8 Å². The number of carbonyl (C=O) groups excluding carboxylic acids is 2. The molecule has 2 N–H and O–H groups in total. The Morgan fingerprint density at radius 3 is 2.71 bits per heavy atom. The molecule has 8 nitrogen and oxygen atoms in total. The van der Waals surface area contributed by atoms with Crippen LogP contribution in [0.2, 0.25) is 0 Å². The summed E-state index contributed by atoms with van der Waals surface area (Å²) in [6.07, 6.45) is -3.00. The first kappa shape index (κ1) is 22.7. The predicted molar refractivity (Wildman–Crippen MR) is 107 cm³/mol. The molecule has 3 rings (SSSR count). The first-order chi connectivity index (χ1) is 14.6. The van der Waals surface area contributed by atoms with Crippen LogP contribution in [0.3, 0.4) is 0 Å². The highest BCUT2D eigenvalue weighted by Gasteiger charge is 2.27. The van der Waals surface area contributed by atoms with Crippen molar-refractivity contribution in [1.82, 2.24) is 30.2 Å². The van der Waals surface area contributed by atoms with Gasteiger partial charge in [-0.2, -0.15) is 18.3 Å². The molecule has 0 saturated carbocycles. The molecule has 0 aliphatic heterocycles. The Hall–Kier alpha value is -3.02. The highest BCUT2D eigenvalue weighted by Crippen LogP contribution is 2.23. The van der Waals surface area contributed by atoms with Crippen LogP contribution in [0.15, 0.2) is 24.0 Å². The van der Waals surface area contributed by atoms with E-state index in [1.807, 2.05) is 13.8 Å². The number of nitrogens with zero attached hydrogens (tertiary/aromatic N) is 4. The molecule has 0 aromatic carbocycles. The molecule has 0 saturated heterocycles. The maximum Gasteiger partial charge on any atom is 0.389 e. The van der Waals surface area contributed by atoms with Crippen LogP contribution in [0.4, 0.5) is 13.2 Å². The lowest BCUT2D eigenvalue weighted by Crippen LogP contribution is -2.24. The van der Waals surface area contributed by atoms with Gasteiger partial charge >= 0.3 is 6.18 Å². The summed E-state index contributed by atoms with van der Waals surface area (Å²) in [6.45, 7) is 4.21. The van der Waals surface area contributed by atoms with Crippen molar-refractivity contribution in [3.8, 4) is 0 Å². The van der Waals surface area contributed by atoms with E-state index in [1.165, 1.54) is 22.0 Å². The van der Waals surface area contributed by atoms with Crippen molar-refractivity contribution in [1.29, 1.82) is 0 Å². The fraction of sp³-hybridized carbons (Fsp3) is 0.421. The topological polar surface area (TPSA) is 101 Å². The van der Waals surface area contributed by atoms with Crippen molar-refractivity contribution in [2.75, 3.05) is 0 Å². The van der Waals surface area contributed by atoms with E-state index < -0.39 is 24.9 Å². The van der Waals surface area contributed by atoms with Crippen LogP contribution < -0.4 is 10.6 Å². The van der Waals surface area contributed by atoms with E-state index in [-0.39, 0.29) is 24.9 Å². The highest BCUT2D eigenvalue weighted by molar-refractivity contribution is 7.10. The number of imidazole rings is 1. The van der Waals surface area contributed by atoms with Gasteiger partial charge in [-0.05, 0) is 17.5 Å². The number of rotatable bonds is 8. The van der Waals surface area contributed by atoms with Crippen molar-refractivity contribution in [2.24, 2.45) is 0 Å². The zero-order chi connectivity index (χ0) is 22.6. The Kier molecular flexibility index (Phi) is 6.88. The molecule has 0 atom stereocenters. The zero-order valence-corrected chi connectivity index (χ0v) is 17.7. The van der Waals surface area contributed by atoms with Gasteiger partial charge in [-0.3, -0.25) is 9.59 Å². The number of amides is 2. The number of carbonyl (C=O) groups is 2. The molecule has 12 heteroatoms. The van der Waals surface area contributed by atoms with Crippen LogP contribution >= 0.6 is 11.3 Å². The summed E-state index contributed by atoms with van der Waals surface area (Å²) in [7, 11) is 0. The maximum atomic E-state index is 12.4. The third-order valence-electron chi connectivity index (χ3n) is 4.32. The van der Waals surface area contributed by atoms with Gasteiger partial charge in [-0.15, -0.1) is 11.3 Å². The minimum absolute atomic E-state index is 0.0426. The Balaban J connectivity index is 1.57. The lowest BCUT2D eigenvalue weighted by molar-refractivity contribution is -0.144. The summed E-state index contributed by atoms with van der Waals surface area (Å²) >= 11 is 1.44. The molecule has 166 valence electrons.